The van der Waals surface area contributed by atoms with Gasteiger partial charge in [-0.1, -0.05) is 46.9 Å². The molecule has 0 spiro atoms. The Kier molecular flexibility index (Phi) is 31.2. The van der Waals surface area contributed by atoms with Crippen LogP contribution in [0.15, 0.2) is 64.3 Å². The van der Waals surface area contributed by atoms with E-state index >= 15 is 0 Å². The molecule has 460 valence electrons. The summed E-state index contributed by atoms with van der Waals surface area (Å²) in [4.78, 5) is 91.1. The lowest BCUT2D eigenvalue weighted by Gasteiger charge is -2.14. The standard InChI is InChI=1S/C15H14Cl2F3N3O3.C14H10F4N4O7S.C8H6Cl2O3.C3H8NO5P.C3H9S/c1-3-26-13(24)10(17)4-8-5-12(11(18)6-9(8)16)23-15(25)22(14(19)20)7(2)21-23;15-11(16)28-8-5-9(29-12(17)18)20-13(19-8)21-14(25)22-30(26,27)7-4-2-1-3-6(7)10(23)24;1-13-7-5(10)3-2-4(9)6(7)8(11)12;5-3(6)1-4-2-10(7,8)9;1-4(2)3/h5-6,10,14H,3-4H2,1-2H3;1-5,11-12H,(H,23,24)(H2,19,20,21,22,25);2-3H,1H3,(H,11,12);4H,1-2H2,(H,5,6)(H2,7,8,9);1-3H3/q;;;;+1/p-1. The Labute approximate surface area is 487 Å². The molecule has 0 saturated carbocycles. The first-order chi connectivity index (χ1) is 38.4. The number of hydrogen-bond acceptors (Lipinski definition) is 18. The number of carboxylic acids is 3. The number of aromatic nitrogens is 5. The summed E-state index contributed by atoms with van der Waals surface area (Å²) in [5.74, 6) is -8.63. The summed E-state index contributed by atoms with van der Waals surface area (Å²) < 4.78 is 143. The SMILES string of the molecule is CCOC(=O)C(Cl)Cc1cc(-n2nc(C)n(C(F)F)c2=O)c(F)cc1Cl.COc1c(Cl)ccc(Cl)c1C(=O)O.C[S+](C)C.O=C(Nc1nc(OC(F)F)cc(OC(F)F)n1)NS(=O)(=O)c1ccccc1C(=O)O.O=C(O)CNCP(=O)([O-])O. The summed E-state index contributed by atoms with van der Waals surface area (Å²) in [6.45, 7) is -7.49. The van der Waals surface area contributed by atoms with E-state index in [1.807, 2.05) is 5.32 Å². The number of esters is 1. The Hall–Kier alpha value is -6.69. The average molecular weight is 1330 g/mol. The van der Waals surface area contributed by atoms with Crippen molar-refractivity contribution < 1.29 is 112 Å². The summed E-state index contributed by atoms with van der Waals surface area (Å²) >= 11 is 23.3. The molecule has 0 saturated heterocycles. The first-order valence-corrected chi connectivity index (χ1v) is 29.0. The Morgan fingerprint density at radius 1 is 0.867 bits per heavy atom. The van der Waals surface area contributed by atoms with Gasteiger partial charge in [-0.25, -0.2) is 41.3 Å². The molecular formula is C43H46Cl4F7N8O18PS2. The van der Waals surface area contributed by atoms with Crippen LogP contribution in [0.3, 0.4) is 0 Å². The maximum Gasteiger partial charge on any atom is 0.388 e. The van der Waals surface area contributed by atoms with Crippen molar-refractivity contribution in [1.29, 1.82) is 0 Å². The number of nitrogens with zero attached hydrogens (tertiary/aromatic N) is 5. The molecule has 26 nitrogen and oxygen atoms in total. The number of rotatable bonds is 20. The predicted molar refractivity (Wildman–Crippen MR) is 282 cm³/mol. The largest absolute Gasteiger partial charge is 0.778 e. The molecule has 5 aromatic rings. The van der Waals surface area contributed by atoms with E-state index in [9.17, 15) is 77.4 Å². The molecule has 0 aliphatic heterocycles. The van der Waals surface area contributed by atoms with Crippen LogP contribution in [0.1, 0.15) is 45.6 Å². The highest BCUT2D eigenvalue weighted by atomic mass is 35.5. The molecule has 0 bridgehead atoms. The van der Waals surface area contributed by atoms with Crippen molar-refractivity contribution in [3.63, 3.8) is 0 Å². The van der Waals surface area contributed by atoms with Crippen molar-refractivity contribution in [2.24, 2.45) is 0 Å². The van der Waals surface area contributed by atoms with Gasteiger partial charge >= 0.3 is 55.4 Å². The van der Waals surface area contributed by atoms with Crippen LogP contribution >= 0.6 is 54.0 Å². The number of halogens is 11. The Bertz CT molecular complexity index is 3250. The number of sulfonamides is 1. The van der Waals surface area contributed by atoms with Crippen LogP contribution in [0.5, 0.6) is 17.5 Å². The molecule has 2 atom stereocenters. The first kappa shape index (κ1) is 74.3. The molecule has 40 heteroatoms. The van der Waals surface area contributed by atoms with Crippen LogP contribution in [-0.2, 0) is 46.2 Å². The number of anilines is 1. The normalized spacial score (nSPS) is 11.9. The number of methoxy groups -OCH3 is 1. The van der Waals surface area contributed by atoms with Crippen molar-refractivity contribution in [2.45, 2.75) is 50.3 Å². The smallest absolute Gasteiger partial charge is 0.388 e. The van der Waals surface area contributed by atoms with E-state index in [0.717, 1.165) is 24.3 Å². The molecule has 83 heavy (non-hydrogen) atoms. The zero-order valence-electron chi connectivity index (χ0n) is 43.0. The van der Waals surface area contributed by atoms with Gasteiger partial charge in [0.05, 0.1) is 67.0 Å². The van der Waals surface area contributed by atoms with E-state index in [1.165, 1.54) is 43.0 Å². The van der Waals surface area contributed by atoms with Crippen LogP contribution in [0.25, 0.3) is 5.69 Å². The van der Waals surface area contributed by atoms with Gasteiger partial charge in [-0.3, -0.25) is 20.2 Å². The maximum atomic E-state index is 14.2. The van der Waals surface area contributed by atoms with Crippen molar-refractivity contribution in [3.8, 4) is 23.2 Å². The number of carbonyl (C=O) groups excluding carboxylic acids is 2. The van der Waals surface area contributed by atoms with Crippen LogP contribution in [0.4, 0.5) is 41.5 Å². The monoisotopic (exact) mass is 1330 g/mol. The number of hydrogen-bond donors (Lipinski definition) is 7. The maximum absolute atomic E-state index is 14.2. The fourth-order valence-corrected chi connectivity index (χ4v) is 7.87. The van der Waals surface area contributed by atoms with Gasteiger partial charge in [0.25, 0.3) is 10.0 Å². The average Bonchev–Trinajstić information content (AvgIpc) is 3.93. The number of ether oxygens (including phenoxy) is 4. The highest BCUT2D eigenvalue weighted by Gasteiger charge is 2.27. The number of alkyl halides is 7. The molecular weight excluding hydrogens is 1290 g/mol. The van der Waals surface area contributed by atoms with E-state index in [1.54, 1.807) is 12.2 Å². The van der Waals surface area contributed by atoms with Crippen LogP contribution in [0, 0.1) is 12.7 Å². The number of carbonyl (C=O) groups is 5. The molecule has 2 aromatic heterocycles. The minimum absolute atomic E-state index is 0.0424. The van der Waals surface area contributed by atoms with E-state index in [4.69, 9.17) is 76.1 Å². The van der Waals surface area contributed by atoms with Gasteiger partial charge in [-0.2, -0.15) is 41.0 Å². The summed E-state index contributed by atoms with van der Waals surface area (Å²) in [6, 6.07) is 8.15. The molecule has 5 rings (SSSR count). The lowest BCUT2D eigenvalue weighted by Crippen LogP contribution is -2.35. The molecule has 2 amide bonds. The minimum atomic E-state index is -4.71. The Morgan fingerprint density at radius 3 is 1.86 bits per heavy atom. The summed E-state index contributed by atoms with van der Waals surface area (Å²) in [5, 5.41) is 32.3. The lowest BCUT2D eigenvalue weighted by molar-refractivity contribution is -0.193. The fraction of sp³-hybridized carbons (Fsp3) is 0.326. The van der Waals surface area contributed by atoms with Crippen LogP contribution < -0.4 is 40.1 Å². The second kappa shape index (κ2) is 34.8. The van der Waals surface area contributed by atoms with E-state index in [2.05, 4.69) is 43.3 Å². The molecule has 2 unspecified atom stereocenters. The zero-order valence-corrected chi connectivity index (χ0v) is 48.5. The van der Waals surface area contributed by atoms with Crippen LogP contribution in [-0.4, -0.2) is 147 Å². The lowest BCUT2D eigenvalue weighted by atomic mass is 10.1. The molecule has 2 heterocycles. The third kappa shape index (κ3) is 26.2. The molecule has 0 fully saturated rings. The van der Waals surface area contributed by atoms with Crippen molar-refractivity contribution >= 4 is 111 Å². The van der Waals surface area contributed by atoms with Crippen molar-refractivity contribution in [1.82, 2.24) is 34.4 Å². The van der Waals surface area contributed by atoms with E-state index in [0.29, 0.717) is 21.6 Å². The third-order valence-electron chi connectivity index (χ3n) is 8.48. The highest BCUT2D eigenvalue weighted by molar-refractivity contribution is 7.94. The number of benzene rings is 3. The van der Waals surface area contributed by atoms with Crippen molar-refractivity contribution in [3.05, 3.63) is 108 Å². The summed E-state index contributed by atoms with van der Waals surface area (Å²) in [7, 11) is -7.08. The van der Waals surface area contributed by atoms with E-state index in [-0.39, 0.29) is 61.1 Å². The number of urea groups is 1. The number of nitrogens with one attached hydrogen (secondary N) is 3. The number of aryl methyl sites for hydroxylation is 1. The van der Waals surface area contributed by atoms with Gasteiger partial charge in [0, 0.05) is 11.4 Å². The Balaban J connectivity index is 0.000000583. The van der Waals surface area contributed by atoms with Crippen molar-refractivity contribution in [2.75, 3.05) is 50.6 Å². The molecule has 0 aliphatic carbocycles. The fourth-order valence-electron chi connectivity index (χ4n) is 5.45. The van der Waals surface area contributed by atoms with E-state index < -0.39 is 125 Å². The summed E-state index contributed by atoms with van der Waals surface area (Å²) in [5.41, 5.74) is -2.12. The zero-order chi connectivity index (χ0) is 63.9. The molecule has 7 N–H and O–H groups in total. The van der Waals surface area contributed by atoms with Gasteiger partial charge in [-0.05, 0) is 66.7 Å². The highest BCUT2D eigenvalue weighted by Crippen LogP contribution is 2.34. The second-order valence-corrected chi connectivity index (χ2v) is 22.7. The summed E-state index contributed by atoms with van der Waals surface area (Å²) in [6.07, 6.45) is 5.76. The van der Waals surface area contributed by atoms with Gasteiger partial charge in [-0.15, -0.1) is 16.7 Å². The van der Waals surface area contributed by atoms with Crippen LogP contribution in [0.2, 0.25) is 15.1 Å². The van der Waals surface area contributed by atoms with Gasteiger partial charge in [0.2, 0.25) is 17.7 Å². The number of aliphatic carboxylic acids is 1. The first-order valence-electron chi connectivity index (χ1n) is 21.8. The third-order valence-corrected chi connectivity index (χ3v) is 11.8. The van der Waals surface area contributed by atoms with Gasteiger partial charge in [0.1, 0.15) is 34.9 Å². The van der Waals surface area contributed by atoms with Gasteiger partial charge < -0.3 is 48.6 Å². The Morgan fingerprint density at radius 2 is 1.41 bits per heavy atom. The quantitative estimate of drug-likeness (QED) is 0.0144. The molecule has 0 radical (unpaired) electrons. The van der Waals surface area contributed by atoms with Gasteiger partial charge in [0.15, 0.2) is 11.6 Å². The minimum Gasteiger partial charge on any atom is -0.778 e. The predicted octanol–water partition coefficient (Wildman–Crippen LogP) is 6.49. The number of aromatic carboxylic acids is 2. The number of carboxylic acid groups (broad SMARTS) is 3. The molecule has 0 aliphatic rings. The number of amides is 2. The second-order valence-electron chi connectivity index (χ2n) is 15.3. The topological polar surface area (TPSA) is 379 Å². The molecule has 3 aromatic carbocycles.